The topological polar surface area (TPSA) is 9.23 Å². The lowest BCUT2D eigenvalue weighted by atomic mass is 9.86. The smallest absolute Gasteiger partial charge is 0.126 e. The minimum Gasteiger partial charge on any atom is -0.493 e. The molecule has 0 N–H and O–H groups in total. The van der Waals surface area contributed by atoms with E-state index in [1.807, 2.05) is 6.07 Å². The molecule has 0 aliphatic carbocycles. The van der Waals surface area contributed by atoms with E-state index in [1.165, 1.54) is 5.56 Å². The molecule has 1 atom stereocenters. The van der Waals surface area contributed by atoms with Gasteiger partial charge in [-0.05, 0) is 49.8 Å². The SMILES string of the molecule is C#CCC(CCC)c1c(C)c(Cl)cc(C)c1OCCC. The Morgan fingerprint density at radius 2 is 2.00 bits per heavy atom. The Kier molecular flexibility index (Phi) is 6.96. The highest BCUT2D eigenvalue weighted by molar-refractivity contribution is 6.31. The van der Waals surface area contributed by atoms with E-state index in [0.29, 0.717) is 5.92 Å². The molecule has 1 aromatic carbocycles. The van der Waals surface area contributed by atoms with Gasteiger partial charge in [0.25, 0.3) is 0 Å². The summed E-state index contributed by atoms with van der Waals surface area (Å²) in [5.74, 6) is 4.12. The molecule has 0 heterocycles. The molecule has 0 aliphatic heterocycles. The maximum Gasteiger partial charge on any atom is 0.126 e. The lowest BCUT2D eigenvalue weighted by molar-refractivity contribution is 0.309. The summed E-state index contributed by atoms with van der Waals surface area (Å²) < 4.78 is 6.00. The zero-order chi connectivity index (χ0) is 15.1. The average Bonchev–Trinajstić information content (AvgIpc) is 2.41. The normalized spacial score (nSPS) is 12.0. The first kappa shape index (κ1) is 16.9. The zero-order valence-corrected chi connectivity index (χ0v) is 13.8. The van der Waals surface area contributed by atoms with Crippen molar-refractivity contribution in [3.63, 3.8) is 0 Å². The molecule has 0 aromatic heterocycles. The van der Waals surface area contributed by atoms with Gasteiger partial charge in [-0.3, -0.25) is 0 Å². The van der Waals surface area contributed by atoms with E-state index in [-0.39, 0.29) is 0 Å². The fraction of sp³-hybridized carbons (Fsp3) is 0.556. The Balaban J connectivity index is 3.34. The minimum atomic E-state index is 0.328. The van der Waals surface area contributed by atoms with Crippen molar-refractivity contribution in [2.75, 3.05) is 6.61 Å². The van der Waals surface area contributed by atoms with Crippen molar-refractivity contribution in [1.29, 1.82) is 0 Å². The van der Waals surface area contributed by atoms with Crippen LogP contribution < -0.4 is 4.74 Å². The number of rotatable bonds is 7. The summed E-state index contributed by atoms with van der Waals surface area (Å²) in [6, 6.07) is 1.99. The van der Waals surface area contributed by atoms with Crippen LogP contribution in [0.3, 0.4) is 0 Å². The molecule has 1 aromatic rings. The summed E-state index contributed by atoms with van der Waals surface area (Å²) in [6.07, 6.45) is 9.44. The van der Waals surface area contributed by atoms with Crippen molar-refractivity contribution in [1.82, 2.24) is 0 Å². The predicted molar refractivity (Wildman–Crippen MR) is 87.8 cm³/mol. The Hall–Kier alpha value is -1.13. The van der Waals surface area contributed by atoms with Crippen LogP contribution in [-0.2, 0) is 0 Å². The van der Waals surface area contributed by atoms with E-state index in [1.54, 1.807) is 0 Å². The van der Waals surface area contributed by atoms with Gasteiger partial charge in [0.15, 0.2) is 0 Å². The lowest BCUT2D eigenvalue weighted by Gasteiger charge is -2.23. The first-order valence-electron chi connectivity index (χ1n) is 7.42. The first-order valence-corrected chi connectivity index (χ1v) is 7.80. The lowest BCUT2D eigenvalue weighted by Crippen LogP contribution is -2.08. The Bertz CT molecular complexity index is 485. The van der Waals surface area contributed by atoms with Gasteiger partial charge in [-0.25, -0.2) is 0 Å². The summed E-state index contributed by atoms with van der Waals surface area (Å²) in [7, 11) is 0. The summed E-state index contributed by atoms with van der Waals surface area (Å²) in [6.45, 7) is 9.14. The van der Waals surface area contributed by atoms with Crippen LogP contribution in [0.1, 0.15) is 62.1 Å². The van der Waals surface area contributed by atoms with Crippen LogP contribution in [0.25, 0.3) is 0 Å². The third kappa shape index (κ3) is 3.93. The summed E-state index contributed by atoms with van der Waals surface area (Å²) in [5.41, 5.74) is 3.42. The van der Waals surface area contributed by atoms with Crippen molar-refractivity contribution < 1.29 is 4.74 Å². The molecule has 1 nitrogen and oxygen atoms in total. The number of terminal acetylenes is 1. The van der Waals surface area contributed by atoms with Crippen molar-refractivity contribution in [2.45, 2.75) is 59.3 Å². The van der Waals surface area contributed by atoms with Gasteiger partial charge >= 0.3 is 0 Å². The van der Waals surface area contributed by atoms with Gasteiger partial charge < -0.3 is 4.74 Å². The average molecular weight is 293 g/mol. The monoisotopic (exact) mass is 292 g/mol. The van der Waals surface area contributed by atoms with Gasteiger partial charge in [0.05, 0.1) is 6.61 Å². The van der Waals surface area contributed by atoms with Crippen LogP contribution in [0.15, 0.2) is 6.07 Å². The second-order valence-corrected chi connectivity index (χ2v) is 5.69. The predicted octanol–water partition coefficient (Wildman–Crippen LogP) is 5.65. The van der Waals surface area contributed by atoms with E-state index in [9.17, 15) is 0 Å². The van der Waals surface area contributed by atoms with Gasteiger partial charge in [-0.2, -0.15) is 0 Å². The van der Waals surface area contributed by atoms with Crippen LogP contribution in [0.2, 0.25) is 5.02 Å². The number of hydrogen-bond donors (Lipinski definition) is 0. The molecule has 1 unspecified atom stereocenters. The van der Waals surface area contributed by atoms with Crippen molar-refractivity contribution in [3.05, 3.63) is 27.8 Å². The van der Waals surface area contributed by atoms with Crippen molar-refractivity contribution in [2.24, 2.45) is 0 Å². The van der Waals surface area contributed by atoms with Crippen LogP contribution >= 0.6 is 11.6 Å². The molecule has 20 heavy (non-hydrogen) atoms. The molecule has 110 valence electrons. The number of halogens is 1. The van der Waals surface area contributed by atoms with Gasteiger partial charge in [-0.1, -0.05) is 31.9 Å². The van der Waals surface area contributed by atoms with Crippen LogP contribution in [0, 0.1) is 26.2 Å². The molecular weight excluding hydrogens is 268 g/mol. The highest BCUT2D eigenvalue weighted by atomic mass is 35.5. The first-order chi connectivity index (χ1) is 9.56. The Morgan fingerprint density at radius 1 is 1.30 bits per heavy atom. The molecular formula is C18H25ClO. The van der Waals surface area contributed by atoms with E-state index < -0.39 is 0 Å². The number of ether oxygens (including phenoxy) is 1. The molecule has 2 heteroatoms. The van der Waals surface area contributed by atoms with Crippen LogP contribution in [0.5, 0.6) is 5.75 Å². The molecule has 1 rings (SSSR count). The van der Waals surface area contributed by atoms with Crippen molar-refractivity contribution in [3.8, 4) is 18.1 Å². The largest absolute Gasteiger partial charge is 0.493 e. The second-order valence-electron chi connectivity index (χ2n) is 5.29. The Labute approximate surface area is 128 Å². The van der Waals surface area contributed by atoms with Crippen molar-refractivity contribution >= 4 is 11.6 Å². The summed E-state index contributed by atoms with van der Waals surface area (Å²) >= 11 is 6.36. The van der Waals surface area contributed by atoms with Gasteiger partial charge in [0, 0.05) is 17.0 Å². The standard InChI is InChI=1S/C18H25ClO/c1-6-9-15(10-7-2)17-14(5)16(19)12-13(4)18(17)20-11-8-3/h1,12,15H,7-11H2,2-5H3. The van der Waals surface area contributed by atoms with E-state index in [0.717, 1.165) is 54.2 Å². The molecule has 0 saturated carbocycles. The fourth-order valence-electron chi connectivity index (χ4n) is 2.60. The maximum atomic E-state index is 6.36. The molecule has 0 bridgehead atoms. The Morgan fingerprint density at radius 3 is 2.55 bits per heavy atom. The highest BCUT2D eigenvalue weighted by Crippen LogP contribution is 2.40. The fourth-order valence-corrected chi connectivity index (χ4v) is 2.87. The second kappa shape index (κ2) is 8.22. The van der Waals surface area contributed by atoms with Gasteiger partial charge in [-0.15, -0.1) is 12.3 Å². The number of hydrogen-bond acceptors (Lipinski definition) is 1. The summed E-state index contributed by atoms with van der Waals surface area (Å²) in [5, 5.41) is 0.805. The van der Waals surface area contributed by atoms with E-state index >= 15 is 0 Å². The highest BCUT2D eigenvalue weighted by Gasteiger charge is 2.21. The quantitative estimate of drug-likeness (QED) is 0.590. The molecule has 0 saturated heterocycles. The van der Waals surface area contributed by atoms with E-state index in [4.69, 9.17) is 22.8 Å². The number of benzene rings is 1. The molecule has 0 fully saturated rings. The number of aryl methyl sites for hydroxylation is 1. The maximum absolute atomic E-state index is 6.36. The van der Waals surface area contributed by atoms with Gasteiger partial charge in [0.2, 0.25) is 0 Å². The third-order valence-electron chi connectivity index (χ3n) is 3.57. The minimum absolute atomic E-state index is 0.328. The molecule has 0 amide bonds. The van der Waals surface area contributed by atoms with Crippen LogP contribution in [-0.4, -0.2) is 6.61 Å². The van der Waals surface area contributed by atoms with Gasteiger partial charge in [0.1, 0.15) is 5.75 Å². The molecule has 0 spiro atoms. The molecule has 0 radical (unpaired) electrons. The van der Waals surface area contributed by atoms with Crippen LogP contribution in [0.4, 0.5) is 0 Å². The zero-order valence-electron chi connectivity index (χ0n) is 13.1. The molecule has 0 aliphatic rings. The third-order valence-corrected chi connectivity index (χ3v) is 3.96. The summed E-state index contributed by atoms with van der Waals surface area (Å²) in [4.78, 5) is 0. The van der Waals surface area contributed by atoms with E-state index in [2.05, 4.69) is 33.6 Å².